The molecule has 1 amide bonds. The Morgan fingerprint density at radius 2 is 2.00 bits per heavy atom. The van der Waals surface area contributed by atoms with E-state index in [-0.39, 0.29) is 17.9 Å². The van der Waals surface area contributed by atoms with Crippen LogP contribution in [0.5, 0.6) is 0 Å². The number of ether oxygens (including phenoxy) is 1. The molecule has 0 aromatic carbocycles. The minimum atomic E-state index is -0.901. The van der Waals surface area contributed by atoms with E-state index in [0.717, 1.165) is 19.3 Å². The molecule has 114 valence electrons. The van der Waals surface area contributed by atoms with Gasteiger partial charge >= 0.3 is 5.97 Å². The molecule has 0 aliphatic carbocycles. The number of piperidine rings is 1. The van der Waals surface area contributed by atoms with E-state index in [2.05, 4.69) is 0 Å². The first kappa shape index (κ1) is 14.1. The van der Waals surface area contributed by atoms with Gasteiger partial charge in [-0.05, 0) is 31.4 Å². The van der Waals surface area contributed by atoms with Crippen molar-refractivity contribution in [2.45, 2.75) is 25.3 Å². The van der Waals surface area contributed by atoms with Crippen LogP contribution >= 0.6 is 0 Å². The summed E-state index contributed by atoms with van der Waals surface area (Å²) in [5.74, 6) is -0.693. The van der Waals surface area contributed by atoms with Gasteiger partial charge in [0, 0.05) is 31.9 Å². The van der Waals surface area contributed by atoms with Gasteiger partial charge in [0.2, 0.25) is 5.91 Å². The Balaban J connectivity index is 1.61. The largest absolute Gasteiger partial charge is 0.477 e. The summed E-state index contributed by atoms with van der Waals surface area (Å²) in [6, 6.07) is 3.54. The second-order valence-corrected chi connectivity index (χ2v) is 5.72. The predicted molar refractivity (Wildman–Crippen MR) is 75.2 cm³/mol. The maximum Gasteiger partial charge on any atom is 0.352 e. The van der Waals surface area contributed by atoms with Crippen LogP contribution in [-0.4, -0.2) is 52.8 Å². The minimum absolute atomic E-state index is 0.0164. The van der Waals surface area contributed by atoms with Crippen LogP contribution in [0.4, 0.5) is 0 Å². The highest BCUT2D eigenvalue weighted by Gasteiger charge is 2.31. The van der Waals surface area contributed by atoms with Gasteiger partial charge in [-0.2, -0.15) is 0 Å². The Kier molecular flexibility index (Phi) is 3.96. The van der Waals surface area contributed by atoms with Gasteiger partial charge in [-0.1, -0.05) is 0 Å². The number of hydrogen-bond acceptors (Lipinski definition) is 3. The highest BCUT2D eigenvalue weighted by Crippen LogP contribution is 2.26. The number of aromatic carboxylic acids is 1. The van der Waals surface area contributed by atoms with E-state index < -0.39 is 5.97 Å². The molecule has 2 saturated heterocycles. The second-order valence-electron chi connectivity index (χ2n) is 5.72. The third-order valence-electron chi connectivity index (χ3n) is 4.45. The molecule has 6 heteroatoms. The molecule has 2 aliphatic heterocycles. The number of carboxylic acids is 1. The molecule has 1 atom stereocenters. The third kappa shape index (κ3) is 2.81. The zero-order chi connectivity index (χ0) is 14.8. The number of hydrogen-bond donors (Lipinski definition) is 1. The van der Waals surface area contributed by atoms with Gasteiger partial charge < -0.3 is 19.3 Å². The standard InChI is InChI=1S/C15H20N2O4/c18-14(11-5-9-21-10-11)16-7-3-12(4-8-16)17-6-1-2-13(17)15(19)20/h1-2,6,11-12H,3-5,7-10H2,(H,19,20). The molecule has 1 aromatic rings. The maximum absolute atomic E-state index is 12.3. The number of amides is 1. The minimum Gasteiger partial charge on any atom is -0.477 e. The average Bonchev–Trinajstić information content (AvgIpc) is 3.18. The van der Waals surface area contributed by atoms with Crippen LogP contribution in [0.3, 0.4) is 0 Å². The maximum atomic E-state index is 12.3. The molecule has 6 nitrogen and oxygen atoms in total. The molecule has 21 heavy (non-hydrogen) atoms. The van der Waals surface area contributed by atoms with Crippen molar-refractivity contribution in [2.24, 2.45) is 5.92 Å². The molecule has 0 bridgehead atoms. The number of nitrogens with zero attached hydrogens (tertiary/aromatic N) is 2. The van der Waals surface area contributed by atoms with Gasteiger partial charge in [0.15, 0.2) is 0 Å². The lowest BCUT2D eigenvalue weighted by atomic mass is 10.0. The highest BCUT2D eigenvalue weighted by atomic mass is 16.5. The summed E-state index contributed by atoms with van der Waals surface area (Å²) in [5, 5.41) is 9.17. The summed E-state index contributed by atoms with van der Waals surface area (Å²) in [6.07, 6.45) is 4.23. The fraction of sp³-hybridized carbons (Fsp3) is 0.600. The fourth-order valence-electron chi connectivity index (χ4n) is 3.25. The van der Waals surface area contributed by atoms with E-state index in [1.807, 2.05) is 15.7 Å². The van der Waals surface area contributed by atoms with Gasteiger partial charge in [0.25, 0.3) is 0 Å². The Bertz CT molecular complexity index is 526. The molecule has 1 N–H and O–H groups in total. The second kappa shape index (κ2) is 5.89. The monoisotopic (exact) mass is 292 g/mol. The predicted octanol–water partition coefficient (Wildman–Crippen LogP) is 1.39. The molecule has 2 fully saturated rings. The lowest BCUT2D eigenvalue weighted by molar-refractivity contribution is -0.136. The molecule has 0 saturated carbocycles. The number of likely N-dealkylation sites (tertiary alicyclic amines) is 1. The number of aromatic nitrogens is 1. The van der Waals surface area contributed by atoms with E-state index in [1.54, 1.807) is 12.1 Å². The van der Waals surface area contributed by atoms with Crippen molar-refractivity contribution >= 4 is 11.9 Å². The number of rotatable bonds is 3. The topological polar surface area (TPSA) is 71.8 Å². The van der Waals surface area contributed by atoms with Gasteiger partial charge in [-0.15, -0.1) is 0 Å². The van der Waals surface area contributed by atoms with E-state index in [1.165, 1.54) is 0 Å². The SMILES string of the molecule is O=C(O)c1cccn1C1CCN(C(=O)C2CCOC2)CC1. The van der Waals surface area contributed by atoms with Crippen LogP contribution in [-0.2, 0) is 9.53 Å². The Morgan fingerprint density at radius 3 is 2.62 bits per heavy atom. The van der Waals surface area contributed by atoms with Crippen molar-refractivity contribution < 1.29 is 19.4 Å². The fourth-order valence-corrected chi connectivity index (χ4v) is 3.25. The van der Waals surface area contributed by atoms with Gasteiger partial charge in [-0.3, -0.25) is 4.79 Å². The highest BCUT2D eigenvalue weighted by molar-refractivity contribution is 5.85. The Labute approximate surface area is 123 Å². The van der Waals surface area contributed by atoms with Crippen molar-refractivity contribution in [1.82, 2.24) is 9.47 Å². The van der Waals surface area contributed by atoms with Crippen molar-refractivity contribution in [1.29, 1.82) is 0 Å². The quantitative estimate of drug-likeness (QED) is 0.913. The van der Waals surface area contributed by atoms with Gasteiger partial charge in [0.1, 0.15) is 5.69 Å². The molecule has 3 heterocycles. The van der Waals surface area contributed by atoms with Crippen molar-refractivity contribution in [3.63, 3.8) is 0 Å². The molecular formula is C15H20N2O4. The first-order valence-corrected chi connectivity index (χ1v) is 7.43. The van der Waals surface area contributed by atoms with Crippen molar-refractivity contribution in [2.75, 3.05) is 26.3 Å². The van der Waals surface area contributed by atoms with Crippen LogP contribution in [0.1, 0.15) is 35.8 Å². The number of carbonyl (C=O) groups is 2. The smallest absolute Gasteiger partial charge is 0.352 e. The zero-order valence-electron chi connectivity index (χ0n) is 11.9. The summed E-state index contributed by atoms with van der Waals surface area (Å²) in [4.78, 5) is 25.4. The van der Waals surface area contributed by atoms with Gasteiger partial charge in [-0.25, -0.2) is 4.79 Å². The lowest BCUT2D eigenvalue weighted by Gasteiger charge is -2.34. The third-order valence-corrected chi connectivity index (χ3v) is 4.45. The molecule has 1 unspecified atom stereocenters. The van der Waals surface area contributed by atoms with E-state index in [4.69, 9.17) is 9.84 Å². The lowest BCUT2D eigenvalue weighted by Crippen LogP contribution is -2.42. The van der Waals surface area contributed by atoms with Crippen LogP contribution in [0.2, 0.25) is 0 Å². The summed E-state index contributed by atoms with van der Waals surface area (Å²) in [5.41, 5.74) is 0.323. The van der Waals surface area contributed by atoms with Crippen LogP contribution in [0, 0.1) is 5.92 Å². The zero-order valence-corrected chi connectivity index (χ0v) is 11.9. The summed E-state index contributed by atoms with van der Waals surface area (Å²) >= 11 is 0. The first-order valence-electron chi connectivity index (χ1n) is 7.43. The normalized spacial score (nSPS) is 23.4. The van der Waals surface area contributed by atoms with Gasteiger partial charge in [0.05, 0.1) is 12.5 Å². The summed E-state index contributed by atoms with van der Waals surface area (Å²) < 4.78 is 7.10. The molecule has 0 radical (unpaired) electrons. The van der Waals surface area contributed by atoms with Crippen molar-refractivity contribution in [3.8, 4) is 0 Å². The molecule has 3 rings (SSSR count). The van der Waals surface area contributed by atoms with Crippen molar-refractivity contribution in [3.05, 3.63) is 24.0 Å². The molecule has 1 aromatic heterocycles. The summed E-state index contributed by atoms with van der Waals surface area (Å²) in [6.45, 7) is 2.60. The molecular weight excluding hydrogens is 272 g/mol. The molecule has 0 spiro atoms. The Hall–Kier alpha value is -1.82. The van der Waals surface area contributed by atoms with Crippen LogP contribution in [0.25, 0.3) is 0 Å². The summed E-state index contributed by atoms with van der Waals surface area (Å²) in [7, 11) is 0. The number of carboxylic acid groups (broad SMARTS) is 1. The molecule has 2 aliphatic rings. The van der Waals surface area contributed by atoms with E-state index in [0.29, 0.717) is 32.0 Å². The average molecular weight is 292 g/mol. The van der Waals surface area contributed by atoms with Crippen LogP contribution in [0.15, 0.2) is 18.3 Å². The number of carbonyl (C=O) groups excluding carboxylic acids is 1. The Morgan fingerprint density at radius 1 is 1.24 bits per heavy atom. The van der Waals surface area contributed by atoms with Crippen LogP contribution < -0.4 is 0 Å². The van der Waals surface area contributed by atoms with E-state index in [9.17, 15) is 9.59 Å². The van der Waals surface area contributed by atoms with E-state index >= 15 is 0 Å². The first-order chi connectivity index (χ1) is 10.2.